The third-order valence-electron chi connectivity index (χ3n) is 2.02. The SMILES string of the molecule is CCNCN1CCS(=O)(=O)CC1. The Morgan fingerprint density at radius 1 is 1.33 bits per heavy atom. The van der Waals surface area contributed by atoms with Crippen LogP contribution in [0.3, 0.4) is 0 Å². The molecule has 1 rings (SSSR count). The van der Waals surface area contributed by atoms with E-state index in [9.17, 15) is 8.42 Å². The van der Waals surface area contributed by atoms with E-state index in [2.05, 4.69) is 10.2 Å². The summed E-state index contributed by atoms with van der Waals surface area (Å²) in [6.45, 7) is 5.14. The topological polar surface area (TPSA) is 49.4 Å². The predicted octanol–water partition coefficient (Wildman–Crippen LogP) is -0.716. The van der Waals surface area contributed by atoms with Gasteiger partial charge in [0.1, 0.15) is 0 Å². The molecule has 0 aromatic carbocycles. The lowest BCUT2D eigenvalue weighted by atomic mass is 10.5. The first-order valence-electron chi connectivity index (χ1n) is 4.27. The zero-order valence-electron chi connectivity index (χ0n) is 7.41. The van der Waals surface area contributed by atoms with Crippen molar-refractivity contribution in [2.24, 2.45) is 0 Å². The zero-order chi connectivity index (χ0) is 9.03. The second-order valence-corrected chi connectivity index (χ2v) is 5.34. The molecular weight excluding hydrogens is 176 g/mol. The van der Waals surface area contributed by atoms with Crippen LogP contribution in [0.15, 0.2) is 0 Å². The van der Waals surface area contributed by atoms with E-state index in [0.717, 1.165) is 13.2 Å². The van der Waals surface area contributed by atoms with Crippen molar-refractivity contribution in [1.29, 1.82) is 0 Å². The Balaban J connectivity index is 2.27. The molecule has 1 N–H and O–H groups in total. The molecule has 1 aliphatic heterocycles. The fraction of sp³-hybridized carbons (Fsp3) is 1.00. The van der Waals surface area contributed by atoms with Crippen LogP contribution < -0.4 is 5.32 Å². The van der Waals surface area contributed by atoms with E-state index in [1.165, 1.54) is 0 Å². The van der Waals surface area contributed by atoms with E-state index >= 15 is 0 Å². The zero-order valence-corrected chi connectivity index (χ0v) is 8.23. The van der Waals surface area contributed by atoms with Crippen molar-refractivity contribution in [3.05, 3.63) is 0 Å². The summed E-state index contributed by atoms with van der Waals surface area (Å²) in [5.74, 6) is 0.636. The average Bonchev–Trinajstić information content (AvgIpc) is 2.03. The third-order valence-corrected chi connectivity index (χ3v) is 3.63. The van der Waals surface area contributed by atoms with Crippen molar-refractivity contribution >= 4 is 9.84 Å². The van der Waals surface area contributed by atoms with Crippen molar-refractivity contribution in [2.45, 2.75) is 6.92 Å². The molecule has 12 heavy (non-hydrogen) atoms. The average molecular weight is 192 g/mol. The lowest BCUT2D eigenvalue weighted by molar-refractivity contribution is 0.275. The maximum absolute atomic E-state index is 11.0. The number of nitrogens with one attached hydrogen (secondary N) is 1. The molecule has 1 saturated heterocycles. The summed E-state index contributed by atoms with van der Waals surface area (Å²) in [6, 6.07) is 0. The standard InChI is InChI=1S/C7H16N2O2S/c1-2-8-7-9-3-5-12(10,11)6-4-9/h8H,2-7H2,1H3. The highest BCUT2D eigenvalue weighted by atomic mass is 32.2. The van der Waals surface area contributed by atoms with Crippen LogP contribution in [0.25, 0.3) is 0 Å². The van der Waals surface area contributed by atoms with Gasteiger partial charge in [-0.2, -0.15) is 0 Å². The van der Waals surface area contributed by atoms with E-state index in [-0.39, 0.29) is 0 Å². The van der Waals surface area contributed by atoms with Crippen LogP contribution in [0.2, 0.25) is 0 Å². The monoisotopic (exact) mass is 192 g/mol. The largest absolute Gasteiger partial charge is 0.305 e. The van der Waals surface area contributed by atoms with Gasteiger partial charge >= 0.3 is 0 Å². The fourth-order valence-corrected chi connectivity index (χ4v) is 2.46. The number of hydrogen-bond donors (Lipinski definition) is 1. The highest BCUT2D eigenvalue weighted by Crippen LogP contribution is 2.01. The third kappa shape index (κ3) is 3.08. The van der Waals surface area contributed by atoms with E-state index in [1.54, 1.807) is 0 Å². The number of nitrogens with zero attached hydrogens (tertiary/aromatic N) is 1. The Morgan fingerprint density at radius 3 is 2.42 bits per heavy atom. The lowest BCUT2D eigenvalue weighted by Gasteiger charge is -2.26. The maximum atomic E-state index is 11.0. The fourth-order valence-electron chi connectivity index (χ4n) is 1.18. The highest BCUT2D eigenvalue weighted by Gasteiger charge is 2.20. The minimum Gasteiger partial charge on any atom is -0.305 e. The molecule has 0 atom stereocenters. The van der Waals surface area contributed by atoms with Crippen molar-refractivity contribution in [1.82, 2.24) is 10.2 Å². The highest BCUT2D eigenvalue weighted by molar-refractivity contribution is 7.91. The first-order valence-corrected chi connectivity index (χ1v) is 6.09. The van der Waals surface area contributed by atoms with Crippen LogP contribution >= 0.6 is 0 Å². The number of rotatable bonds is 3. The Morgan fingerprint density at radius 2 is 1.92 bits per heavy atom. The second kappa shape index (κ2) is 4.20. The molecule has 4 nitrogen and oxygen atoms in total. The minimum atomic E-state index is -2.71. The van der Waals surface area contributed by atoms with Gasteiger partial charge in [-0.05, 0) is 6.54 Å². The van der Waals surface area contributed by atoms with Gasteiger partial charge in [0.25, 0.3) is 0 Å². The molecule has 5 heteroatoms. The molecule has 0 amide bonds. The molecule has 0 spiro atoms. The van der Waals surface area contributed by atoms with Crippen molar-refractivity contribution < 1.29 is 8.42 Å². The molecule has 1 heterocycles. The van der Waals surface area contributed by atoms with Gasteiger partial charge in [0.15, 0.2) is 9.84 Å². The molecule has 0 aliphatic carbocycles. The van der Waals surface area contributed by atoms with Crippen LogP contribution in [-0.4, -0.2) is 51.1 Å². The summed E-state index contributed by atoms with van der Waals surface area (Å²) in [5.41, 5.74) is 0. The van der Waals surface area contributed by atoms with Crippen LogP contribution in [0, 0.1) is 0 Å². The van der Waals surface area contributed by atoms with E-state index in [1.807, 2.05) is 6.92 Å². The van der Waals surface area contributed by atoms with E-state index < -0.39 is 9.84 Å². The smallest absolute Gasteiger partial charge is 0.152 e. The van der Waals surface area contributed by atoms with Crippen molar-refractivity contribution in [3.8, 4) is 0 Å². The maximum Gasteiger partial charge on any atom is 0.152 e. The summed E-state index contributed by atoms with van der Waals surface area (Å²) in [4.78, 5) is 2.13. The quantitative estimate of drug-likeness (QED) is 0.641. The van der Waals surface area contributed by atoms with Crippen LogP contribution in [0.4, 0.5) is 0 Å². The molecule has 0 radical (unpaired) electrons. The number of hydrogen-bond acceptors (Lipinski definition) is 4. The Labute approximate surface area is 73.9 Å². The molecular formula is C7H16N2O2S. The first-order chi connectivity index (χ1) is 5.64. The van der Waals surface area contributed by atoms with Crippen LogP contribution in [0.5, 0.6) is 0 Å². The molecule has 0 aromatic heterocycles. The summed E-state index contributed by atoms with van der Waals surface area (Å²) in [7, 11) is -2.71. The number of sulfone groups is 1. The summed E-state index contributed by atoms with van der Waals surface area (Å²) >= 11 is 0. The van der Waals surface area contributed by atoms with Crippen LogP contribution in [0.1, 0.15) is 6.92 Å². The van der Waals surface area contributed by atoms with Crippen molar-refractivity contribution in [2.75, 3.05) is 37.8 Å². The first kappa shape index (κ1) is 9.95. The van der Waals surface area contributed by atoms with Gasteiger partial charge in [-0.25, -0.2) is 8.42 Å². The second-order valence-electron chi connectivity index (χ2n) is 3.03. The van der Waals surface area contributed by atoms with E-state index in [0.29, 0.717) is 24.6 Å². The lowest BCUT2D eigenvalue weighted by Crippen LogP contribution is -2.44. The van der Waals surface area contributed by atoms with Gasteiger partial charge in [0.2, 0.25) is 0 Å². The van der Waals surface area contributed by atoms with Gasteiger partial charge in [0, 0.05) is 19.8 Å². The molecule has 1 fully saturated rings. The Hall–Kier alpha value is -0.130. The van der Waals surface area contributed by atoms with Gasteiger partial charge in [-0.15, -0.1) is 0 Å². The summed E-state index contributed by atoms with van der Waals surface area (Å²) < 4.78 is 22.0. The molecule has 0 bridgehead atoms. The molecule has 0 saturated carbocycles. The van der Waals surface area contributed by atoms with Gasteiger partial charge < -0.3 is 5.32 Å². The Kier molecular flexibility index (Phi) is 3.49. The minimum absolute atomic E-state index is 0.318. The van der Waals surface area contributed by atoms with Gasteiger partial charge in [0.05, 0.1) is 11.5 Å². The molecule has 0 aromatic rings. The molecule has 1 aliphatic rings. The predicted molar refractivity (Wildman–Crippen MR) is 48.8 cm³/mol. The van der Waals surface area contributed by atoms with E-state index in [4.69, 9.17) is 0 Å². The summed E-state index contributed by atoms with van der Waals surface area (Å²) in [5, 5.41) is 3.18. The van der Waals surface area contributed by atoms with Gasteiger partial charge in [-0.3, -0.25) is 4.90 Å². The van der Waals surface area contributed by atoms with Crippen molar-refractivity contribution in [3.63, 3.8) is 0 Å². The Bertz CT molecular complexity index is 212. The summed E-state index contributed by atoms with van der Waals surface area (Å²) in [6.07, 6.45) is 0. The molecule has 0 unspecified atom stereocenters. The van der Waals surface area contributed by atoms with Gasteiger partial charge in [-0.1, -0.05) is 6.92 Å². The van der Waals surface area contributed by atoms with Crippen LogP contribution in [-0.2, 0) is 9.84 Å². The normalized spacial score (nSPS) is 24.1. The molecule has 72 valence electrons.